The topological polar surface area (TPSA) is 59.0 Å². The van der Waals surface area contributed by atoms with Gasteiger partial charge in [0.25, 0.3) is 5.91 Å². The van der Waals surface area contributed by atoms with Crippen LogP contribution in [-0.4, -0.2) is 34.3 Å². The molecule has 1 saturated heterocycles. The normalized spacial score (nSPS) is 22.0. The van der Waals surface area contributed by atoms with E-state index in [1.807, 2.05) is 36.5 Å². The van der Waals surface area contributed by atoms with Crippen LogP contribution in [0.3, 0.4) is 0 Å². The van der Waals surface area contributed by atoms with Gasteiger partial charge in [-0.3, -0.25) is 4.79 Å². The summed E-state index contributed by atoms with van der Waals surface area (Å²) >= 11 is 0. The van der Waals surface area contributed by atoms with Gasteiger partial charge in [-0.1, -0.05) is 0 Å². The summed E-state index contributed by atoms with van der Waals surface area (Å²) in [6, 6.07) is 10.1. The molecule has 2 N–H and O–H groups in total. The maximum absolute atomic E-state index is 12.3. The molecule has 1 aromatic carbocycles. The Morgan fingerprint density at radius 3 is 2.86 bits per heavy atom. The molecule has 21 heavy (non-hydrogen) atoms. The quantitative estimate of drug-likeness (QED) is 0.902. The summed E-state index contributed by atoms with van der Waals surface area (Å²) in [5, 5.41) is 10.7. The van der Waals surface area contributed by atoms with Crippen molar-refractivity contribution in [3.63, 3.8) is 0 Å². The van der Waals surface area contributed by atoms with E-state index in [4.69, 9.17) is 0 Å². The van der Waals surface area contributed by atoms with E-state index >= 15 is 0 Å². The molecule has 1 aliphatic heterocycles. The fourth-order valence-corrected chi connectivity index (χ4v) is 2.72. The summed E-state index contributed by atoms with van der Waals surface area (Å²) in [4.78, 5) is 12.3. The Balaban J connectivity index is 1.65. The van der Waals surface area contributed by atoms with Crippen molar-refractivity contribution in [3.8, 4) is 5.69 Å². The molecular weight excluding hydrogens is 264 g/mol. The van der Waals surface area contributed by atoms with Crippen molar-refractivity contribution >= 4 is 5.91 Å². The van der Waals surface area contributed by atoms with Gasteiger partial charge in [0.2, 0.25) is 0 Å². The van der Waals surface area contributed by atoms with Crippen molar-refractivity contribution in [1.29, 1.82) is 0 Å². The van der Waals surface area contributed by atoms with Crippen LogP contribution >= 0.6 is 0 Å². The summed E-state index contributed by atoms with van der Waals surface area (Å²) < 4.78 is 1.77. The molecule has 3 rings (SSSR count). The van der Waals surface area contributed by atoms with E-state index in [0.717, 1.165) is 25.1 Å². The Morgan fingerprint density at radius 1 is 1.38 bits per heavy atom. The molecule has 1 aliphatic rings. The van der Waals surface area contributed by atoms with E-state index in [0.29, 0.717) is 11.6 Å². The number of piperidine rings is 1. The van der Waals surface area contributed by atoms with Gasteiger partial charge in [0.15, 0.2) is 0 Å². The van der Waals surface area contributed by atoms with Crippen molar-refractivity contribution in [2.24, 2.45) is 0 Å². The molecule has 110 valence electrons. The van der Waals surface area contributed by atoms with E-state index in [-0.39, 0.29) is 11.9 Å². The highest BCUT2D eigenvalue weighted by Crippen LogP contribution is 2.11. The Morgan fingerprint density at radius 2 is 2.19 bits per heavy atom. The van der Waals surface area contributed by atoms with Crippen LogP contribution in [0.4, 0.5) is 0 Å². The number of carbonyl (C=O) groups excluding carboxylic acids is 1. The molecule has 0 radical (unpaired) electrons. The Bertz CT molecular complexity index is 591. The first kappa shape index (κ1) is 13.8. The lowest BCUT2D eigenvalue weighted by molar-refractivity contribution is 0.0925. The molecular formula is C16H20N4O. The Labute approximate surface area is 124 Å². The zero-order valence-corrected chi connectivity index (χ0v) is 12.1. The maximum atomic E-state index is 12.3. The molecule has 2 atom stereocenters. The second-order valence-electron chi connectivity index (χ2n) is 5.55. The van der Waals surface area contributed by atoms with Gasteiger partial charge in [-0.25, -0.2) is 4.68 Å². The van der Waals surface area contributed by atoms with Crippen LogP contribution in [0.5, 0.6) is 0 Å². The zero-order chi connectivity index (χ0) is 14.7. The van der Waals surface area contributed by atoms with Crippen molar-refractivity contribution in [2.45, 2.75) is 31.8 Å². The second kappa shape index (κ2) is 6.10. The maximum Gasteiger partial charge on any atom is 0.251 e. The fraction of sp³-hybridized carbons (Fsp3) is 0.375. The molecule has 5 heteroatoms. The summed E-state index contributed by atoms with van der Waals surface area (Å²) in [6.45, 7) is 3.11. The van der Waals surface area contributed by atoms with Gasteiger partial charge in [0.1, 0.15) is 0 Å². The molecule has 0 saturated carbocycles. The fourth-order valence-electron chi connectivity index (χ4n) is 2.72. The van der Waals surface area contributed by atoms with Crippen LogP contribution in [-0.2, 0) is 0 Å². The number of hydrogen-bond acceptors (Lipinski definition) is 3. The van der Waals surface area contributed by atoms with Gasteiger partial charge >= 0.3 is 0 Å². The van der Waals surface area contributed by atoms with Crippen LogP contribution in [0.25, 0.3) is 5.69 Å². The molecule has 2 heterocycles. The molecule has 1 fully saturated rings. The van der Waals surface area contributed by atoms with E-state index < -0.39 is 0 Å². The first-order valence-electron chi connectivity index (χ1n) is 7.37. The molecule has 1 amide bonds. The third-order valence-corrected chi connectivity index (χ3v) is 3.86. The van der Waals surface area contributed by atoms with Crippen LogP contribution in [0, 0.1) is 0 Å². The minimum atomic E-state index is 0.00103. The summed E-state index contributed by atoms with van der Waals surface area (Å²) in [5.41, 5.74) is 1.64. The third-order valence-electron chi connectivity index (χ3n) is 3.86. The number of carbonyl (C=O) groups is 1. The van der Waals surface area contributed by atoms with Gasteiger partial charge < -0.3 is 10.6 Å². The molecule has 1 aromatic heterocycles. The highest BCUT2D eigenvalue weighted by molar-refractivity contribution is 5.94. The largest absolute Gasteiger partial charge is 0.349 e. The number of aromatic nitrogens is 2. The minimum Gasteiger partial charge on any atom is -0.349 e. The predicted octanol–water partition coefficient (Wildman–Crippen LogP) is 1.74. The number of nitrogens with zero attached hydrogens (tertiary/aromatic N) is 2. The first-order valence-corrected chi connectivity index (χ1v) is 7.37. The second-order valence-corrected chi connectivity index (χ2v) is 5.55. The summed E-state index contributed by atoms with van der Waals surface area (Å²) in [5.74, 6) is 0.00103. The first-order chi connectivity index (χ1) is 10.2. The van der Waals surface area contributed by atoms with Crippen molar-refractivity contribution in [2.75, 3.05) is 6.54 Å². The van der Waals surface area contributed by atoms with Gasteiger partial charge in [0.05, 0.1) is 5.69 Å². The van der Waals surface area contributed by atoms with Crippen molar-refractivity contribution in [3.05, 3.63) is 48.3 Å². The summed E-state index contributed by atoms with van der Waals surface area (Å²) in [7, 11) is 0. The van der Waals surface area contributed by atoms with Gasteiger partial charge in [0, 0.05) is 30.0 Å². The molecule has 0 aliphatic carbocycles. The number of hydrogen-bond donors (Lipinski definition) is 2. The van der Waals surface area contributed by atoms with Crippen LogP contribution < -0.4 is 10.6 Å². The van der Waals surface area contributed by atoms with E-state index in [2.05, 4.69) is 22.7 Å². The van der Waals surface area contributed by atoms with Crippen LogP contribution in [0.2, 0.25) is 0 Å². The highest BCUT2D eigenvalue weighted by atomic mass is 16.1. The highest BCUT2D eigenvalue weighted by Gasteiger charge is 2.20. The standard InChI is InChI=1S/C16H20N4O/c1-12-11-14(7-9-17-12)19-16(21)13-3-5-15(6-4-13)20-10-2-8-18-20/h2-6,8,10,12,14,17H,7,9,11H2,1H3,(H,19,21). The monoisotopic (exact) mass is 284 g/mol. The smallest absolute Gasteiger partial charge is 0.251 e. The summed E-state index contributed by atoms with van der Waals surface area (Å²) in [6.07, 6.45) is 5.59. The van der Waals surface area contributed by atoms with E-state index in [1.54, 1.807) is 10.9 Å². The lowest BCUT2D eigenvalue weighted by Crippen LogP contribution is -2.46. The van der Waals surface area contributed by atoms with Gasteiger partial charge in [-0.15, -0.1) is 0 Å². The predicted molar refractivity (Wildman–Crippen MR) is 81.5 cm³/mol. The van der Waals surface area contributed by atoms with E-state index in [9.17, 15) is 4.79 Å². The molecule has 0 spiro atoms. The number of amides is 1. The minimum absolute atomic E-state index is 0.00103. The average molecular weight is 284 g/mol. The molecule has 2 aromatic rings. The third kappa shape index (κ3) is 3.31. The number of rotatable bonds is 3. The SMILES string of the molecule is CC1CC(NC(=O)c2ccc(-n3cccn3)cc2)CCN1. The molecule has 5 nitrogen and oxygen atoms in total. The zero-order valence-electron chi connectivity index (χ0n) is 12.1. The van der Waals surface area contributed by atoms with Crippen LogP contribution in [0.1, 0.15) is 30.1 Å². The van der Waals surface area contributed by atoms with Crippen molar-refractivity contribution < 1.29 is 4.79 Å². The van der Waals surface area contributed by atoms with E-state index in [1.165, 1.54) is 0 Å². The number of nitrogens with one attached hydrogen (secondary N) is 2. The lowest BCUT2D eigenvalue weighted by atomic mass is 10.0. The van der Waals surface area contributed by atoms with Gasteiger partial charge in [-0.05, 0) is 56.6 Å². The number of benzene rings is 1. The Kier molecular flexibility index (Phi) is 4.01. The lowest BCUT2D eigenvalue weighted by Gasteiger charge is -2.28. The van der Waals surface area contributed by atoms with Crippen molar-refractivity contribution in [1.82, 2.24) is 20.4 Å². The molecule has 0 bridgehead atoms. The van der Waals surface area contributed by atoms with Crippen LogP contribution in [0.15, 0.2) is 42.7 Å². The molecule has 2 unspecified atom stereocenters. The Hall–Kier alpha value is -2.14. The van der Waals surface area contributed by atoms with Gasteiger partial charge in [-0.2, -0.15) is 5.10 Å². The average Bonchev–Trinajstić information content (AvgIpc) is 3.01.